The molecule has 0 spiro atoms. The van der Waals surface area contributed by atoms with Crippen LogP contribution >= 0.6 is 11.6 Å². The first-order chi connectivity index (χ1) is 7.15. The van der Waals surface area contributed by atoms with Crippen molar-refractivity contribution in [2.24, 2.45) is 0 Å². The quantitative estimate of drug-likeness (QED) is 0.759. The van der Waals surface area contributed by atoms with E-state index in [0.717, 1.165) is 0 Å². The molecule has 0 bridgehead atoms. The summed E-state index contributed by atoms with van der Waals surface area (Å²) in [6.07, 6.45) is 1.59. The monoisotopic (exact) mass is 221 g/mol. The molecule has 0 atom stereocenters. The second-order valence-corrected chi connectivity index (χ2v) is 3.33. The third-order valence-corrected chi connectivity index (χ3v) is 1.98. The topological polar surface area (TPSA) is 90.7 Å². The van der Waals surface area contributed by atoms with Gasteiger partial charge in [0.15, 0.2) is 0 Å². The number of hydrogen-bond donors (Lipinski definition) is 2. The Labute approximate surface area is 91.1 Å². The predicted molar refractivity (Wildman–Crippen MR) is 59.1 cm³/mol. The van der Waals surface area contributed by atoms with Crippen molar-refractivity contribution in [3.05, 3.63) is 29.4 Å². The van der Waals surface area contributed by atoms with Crippen LogP contribution in [0.25, 0.3) is 11.4 Å². The lowest BCUT2D eigenvalue weighted by molar-refractivity contribution is 1.17. The summed E-state index contributed by atoms with van der Waals surface area (Å²) in [6.45, 7) is 0. The number of anilines is 2. The van der Waals surface area contributed by atoms with Crippen molar-refractivity contribution < 1.29 is 0 Å². The minimum Gasteiger partial charge on any atom is -0.384 e. The summed E-state index contributed by atoms with van der Waals surface area (Å²) in [7, 11) is 0. The van der Waals surface area contributed by atoms with Gasteiger partial charge in [-0.25, -0.2) is 4.98 Å². The zero-order chi connectivity index (χ0) is 10.8. The first kappa shape index (κ1) is 9.67. The van der Waals surface area contributed by atoms with E-state index in [-0.39, 0.29) is 5.95 Å². The molecule has 2 aromatic rings. The molecule has 0 aromatic carbocycles. The average Bonchev–Trinajstić information content (AvgIpc) is 2.16. The van der Waals surface area contributed by atoms with Crippen LogP contribution in [0.15, 0.2) is 24.4 Å². The third-order valence-electron chi connectivity index (χ3n) is 1.75. The van der Waals surface area contributed by atoms with Crippen molar-refractivity contribution in [2.45, 2.75) is 0 Å². The van der Waals surface area contributed by atoms with Gasteiger partial charge < -0.3 is 11.5 Å². The highest BCUT2D eigenvalue weighted by Crippen LogP contribution is 2.19. The molecule has 0 saturated carbocycles. The summed E-state index contributed by atoms with van der Waals surface area (Å²) in [5.74, 6) is 0.422. The maximum absolute atomic E-state index is 5.83. The van der Waals surface area contributed by atoms with E-state index in [1.54, 1.807) is 24.4 Å². The molecule has 0 fully saturated rings. The second kappa shape index (κ2) is 3.70. The van der Waals surface area contributed by atoms with Crippen LogP contribution in [0.1, 0.15) is 0 Å². The molecule has 2 heterocycles. The number of halogens is 1. The van der Waals surface area contributed by atoms with Gasteiger partial charge in [-0.2, -0.15) is 4.98 Å². The molecule has 4 N–H and O–H groups in total. The Hall–Kier alpha value is -1.88. The molecular formula is C9H8ClN5. The fourth-order valence-electron chi connectivity index (χ4n) is 1.16. The van der Waals surface area contributed by atoms with E-state index in [2.05, 4.69) is 15.0 Å². The van der Waals surface area contributed by atoms with Gasteiger partial charge in [0, 0.05) is 17.3 Å². The van der Waals surface area contributed by atoms with E-state index in [9.17, 15) is 0 Å². The van der Waals surface area contributed by atoms with Crippen molar-refractivity contribution in [1.29, 1.82) is 0 Å². The molecule has 76 valence electrons. The van der Waals surface area contributed by atoms with E-state index < -0.39 is 0 Å². The highest BCUT2D eigenvalue weighted by molar-refractivity contribution is 6.30. The zero-order valence-electron chi connectivity index (χ0n) is 7.68. The largest absolute Gasteiger partial charge is 0.384 e. The molecule has 0 saturated heterocycles. The number of rotatable bonds is 1. The van der Waals surface area contributed by atoms with Crippen molar-refractivity contribution in [3.63, 3.8) is 0 Å². The molecule has 0 amide bonds. The molecule has 2 rings (SSSR count). The Bertz CT molecular complexity index is 479. The molecule has 0 unspecified atom stereocenters. The highest BCUT2D eigenvalue weighted by Gasteiger charge is 2.04. The SMILES string of the molecule is Nc1cc(-c2cc(Cl)ccn2)nc(N)n1. The number of nitrogens with two attached hydrogens (primary N) is 2. The first-order valence-corrected chi connectivity index (χ1v) is 4.55. The van der Waals surface area contributed by atoms with E-state index >= 15 is 0 Å². The number of nitrogens with zero attached hydrogens (tertiary/aromatic N) is 3. The molecule has 0 radical (unpaired) electrons. The van der Waals surface area contributed by atoms with E-state index in [0.29, 0.717) is 22.2 Å². The summed E-state index contributed by atoms with van der Waals surface area (Å²) in [6, 6.07) is 4.96. The first-order valence-electron chi connectivity index (χ1n) is 4.17. The molecule has 0 aliphatic carbocycles. The van der Waals surface area contributed by atoms with Gasteiger partial charge >= 0.3 is 0 Å². The molecule has 0 aliphatic rings. The molecule has 2 aromatic heterocycles. The second-order valence-electron chi connectivity index (χ2n) is 2.90. The van der Waals surface area contributed by atoms with Gasteiger partial charge in [-0.3, -0.25) is 4.98 Å². The standard InChI is InChI=1S/C9H8ClN5/c10-5-1-2-13-6(3-5)7-4-8(11)15-9(12)14-7/h1-4H,(H4,11,12,14,15). The van der Waals surface area contributed by atoms with Gasteiger partial charge in [0.1, 0.15) is 5.82 Å². The Kier molecular flexibility index (Phi) is 2.39. The number of hydrogen-bond acceptors (Lipinski definition) is 5. The Balaban J connectivity index is 2.54. The molecule has 5 nitrogen and oxygen atoms in total. The number of aromatic nitrogens is 3. The molecule has 6 heteroatoms. The third kappa shape index (κ3) is 2.13. The van der Waals surface area contributed by atoms with Crippen LogP contribution < -0.4 is 11.5 Å². The Morgan fingerprint density at radius 3 is 2.53 bits per heavy atom. The minimum absolute atomic E-state index is 0.117. The fraction of sp³-hybridized carbons (Fsp3) is 0. The van der Waals surface area contributed by atoms with Crippen LogP contribution in [0.5, 0.6) is 0 Å². The van der Waals surface area contributed by atoms with Gasteiger partial charge in [0.2, 0.25) is 5.95 Å². The maximum Gasteiger partial charge on any atom is 0.222 e. The van der Waals surface area contributed by atoms with Gasteiger partial charge in [0.05, 0.1) is 11.4 Å². The Morgan fingerprint density at radius 2 is 1.87 bits per heavy atom. The molecule has 0 aliphatic heterocycles. The van der Waals surface area contributed by atoms with Crippen LogP contribution in [-0.2, 0) is 0 Å². The average molecular weight is 222 g/mol. The number of nitrogen functional groups attached to an aromatic ring is 2. The van der Waals surface area contributed by atoms with Gasteiger partial charge in [-0.15, -0.1) is 0 Å². The lowest BCUT2D eigenvalue weighted by atomic mass is 10.2. The summed E-state index contributed by atoms with van der Waals surface area (Å²) in [5.41, 5.74) is 12.2. The van der Waals surface area contributed by atoms with E-state index in [1.165, 1.54) is 0 Å². The zero-order valence-corrected chi connectivity index (χ0v) is 8.44. The van der Waals surface area contributed by atoms with E-state index in [4.69, 9.17) is 23.1 Å². The molecular weight excluding hydrogens is 214 g/mol. The van der Waals surface area contributed by atoms with Gasteiger partial charge in [0.25, 0.3) is 0 Å². The van der Waals surface area contributed by atoms with Crippen molar-refractivity contribution in [2.75, 3.05) is 11.5 Å². The van der Waals surface area contributed by atoms with Gasteiger partial charge in [-0.05, 0) is 12.1 Å². The van der Waals surface area contributed by atoms with E-state index in [1.807, 2.05) is 0 Å². The molecule has 15 heavy (non-hydrogen) atoms. The van der Waals surface area contributed by atoms with Crippen LogP contribution in [-0.4, -0.2) is 15.0 Å². The fourth-order valence-corrected chi connectivity index (χ4v) is 1.32. The summed E-state index contributed by atoms with van der Waals surface area (Å²) < 4.78 is 0. The van der Waals surface area contributed by atoms with Gasteiger partial charge in [-0.1, -0.05) is 11.6 Å². The normalized spacial score (nSPS) is 10.2. The lowest BCUT2D eigenvalue weighted by Crippen LogP contribution is -2.01. The summed E-state index contributed by atoms with van der Waals surface area (Å²) in [5, 5.41) is 0.579. The van der Waals surface area contributed by atoms with Crippen molar-refractivity contribution >= 4 is 23.4 Å². The predicted octanol–water partition coefficient (Wildman–Crippen LogP) is 1.36. The smallest absolute Gasteiger partial charge is 0.222 e. The summed E-state index contributed by atoms with van der Waals surface area (Å²) >= 11 is 5.83. The van der Waals surface area contributed by atoms with Crippen molar-refractivity contribution in [1.82, 2.24) is 15.0 Å². The number of pyridine rings is 1. The highest BCUT2D eigenvalue weighted by atomic mass is 35.5. The van der Waals surface area contributed by atoms with Crippen LogP contribution in [0.3, 0.4) is 0 Å². The lowest BCUT2D eigenvalue weighted by Gasteiger charge is -2.02. The summed E-state index contributed by atoms with van der Waals surface area (Å²) in [4.78, 5) is 11.9. The van der Waals surface area contributed by atoms with Crippen LogP contribution in [0.2, 0.25) is 5.02 Å². The van der Waals surface area contributed by atoms with Crippen LogP contribution in [0, 0.1) is 0 Å². The Morgan fingerprint density at radius 1 is 1.07 bits per heavy atom. The van der Waals surface area contributed by atoms with Crippen molar-refractivity contribution in [3.8, 4) is 11.4 Å². The minimum atomic E-state index is 0.117. The van der Waals surface area contributed by atoms with Crippen LogP contribution in [0.4, 0.5) is 11.8 Å². The maximum atomic E-state index is 5.83.